The van der Waals surface area contributed by atoms with E-state index in [1.807, 2.05) is 20.8 Å². The summed E-state index contributed by atoms with van der Waals surface area (Å²) >= 11 is 0. The van der Waals surface area contributed by atoms with Gasteiger partial charge in [-0.15, -0.1) is 0 Å². The van der Waals surface area contributed by atoms with E-state index < -0.39 is 0 Å². The van der Waals surface area contributed by atoms with Gasteiger partial charge < -0.3 is 10.1 Å². The van der Waals surface area contributed by atoms with Crippen LogP contribution >= 0.6 is 0 Å². The van der Waals surface area contributed by atoms with Crippen LogP contribution in [-0.4, -0.2) is 19.6 Å². The minimum absolute atomic E-state index is 0.134. The molecule has 0 bridgehead atoms. The maximum absolute atomic E-state index is 11.2. The number of aryl methyl sites for hydroxylation is 2. The van der Waals surface area contributed by atoms with Gasteiger partial charge in [0.2, 0.25) is 0 Å². The molecule has 0 saturated heterocycles. The van der Waals surface area contributed by atoms with Crippen LogP contribution in [0.4, 0.5) is 5.69 Å². The summed E-state index contributed by atoms with van der Waals surface area (Å²) in [5, 5.41) is 3.27. The third-order valence-electron chi connectivity index (χ3n) is 2.60. The number of esters is 1. The van der Waals surface area contributed by atoms with E-state index in [2.05, 4.69) is 28.3 Å². The van der Waals surface area contributed by atoms with Gasteiger partial charge >= 0.3 is 5.97 Å². The van der Waals surface area contributed by atoms with E-state index in [1.165, 1.54) is 18.2 Å². The van der Waals surface area contributed by atoms with Crippen LogP contribution in [0.5, 0.6) is 0 Å². The van der Waals surface area contributed by atoms with E-state index in [-0.39, 0.29) is 11.9 Å². The van der Waals surface area contributed by atoms with Gasteiger partial charge in [0.1, 0.15) is 0 Å². The molecule has 88 valence electrons. The van der Waals surface area contributed by atoms with Gasteiger partial charge in [0, 0.05) is 12.2 Å². The Hall–Kier alpha value is -1.51. The van der Waals surface area contributed by atoms with Gasteiger partial charge in [0.25, 0.3) is 0 Å². The molecule has 0 spiro atoms. The Morgan fingerprint density at radius 3 is 2.75 bits per heavy atom. The SMILES string of the molecule is COC(=O)C(C)CNc1cc(C)ccc1C. The number of nitrogens with one attached hydrogen (secondary N) is 1. The third-order valence-corrected chi connectivity index (χ3v) is 2.60. The number of hydrogen-bond acceptors (Lipinski definition) is 3. The van der Waals surface area contributed by atoms with Gasteiger partial charge in [0.15, 0.2) is 0 Å². The third kappa shape index (κ3) is 3.26. The number of ether oxygens (including phenoxy) is 1. The van der Waals surface area contributed by atoms with Crippen LogP contribution in [0.25, 0.3) is 0 Å². The quantitative estimate of drug-likeness (QED) is 0.794. The second-order valence-electron chi connectivity index (χ2n) is 4.12. The van der Waals surface area contributed by atoms with Crippen molar-refractivity contribution in [2.24, 2.45) is 5.92 Å². The number of methoxy groups -OCH3 is 1. The highest BCUT2D eigenvalue weighted by atomic mass is 16.5. The van der Waals surface area contributed by atoms with Crippen LogP contribution < -0.4 is 5.32 Å². The van der Waals surface area contributed by atoms with Gasteiger partial charge in [-0.1, -0.05) is 19.1 Å². The number of rotatable bonds is 4. The molecule has 3 nitrogen and oxygen atoms in total. The number of anilines is 1. The average molecular weight is 221 g/mol. The van der Waals surface area contributed by atoms with E-state index in [1.54, 1.807) is 0 Å². The van der Waals surface area contributed by atoms with Crippen LogP contribution in [0.1, 0.15) is 18.1 Å². The first kappa shape index (κ1) is 12.6. The van der Waals surface area contributed by atoms with E-state index in [0.717, 1.165) is 5.69 Å². The Balaban J connectivity index is 2.60. The van der Waals surface area contributed by atoms with E-state index in [4.69, 9.17) is 0 Å². The Labute approximate surface area is 96.8 Å². The largest absolute Gasteiger partial charge is 0.469 e. The van der Waals surface area contributed by atoms with Crippen molar-refractivity contribution in [2.75, 3.05) is 19.0 Å². The van der Waals surface area contributed by atoms with Crippen molar-refractivity contribution in [3.8, 4) is 0 Å². The van der Waals surface area contributed by atoms with Crippen molar-refractivity contribution in [1.82, 2.24) is 0 Å². The molecule has 0 amide bonds. The summed E-state index contributed by atoms with van der Waals surface area (Å²) < 4.78 is 4.68. The van der Waals surface area contributed by atoms with Crippen LogP contribution in [0.15, 0.2) is 18.2 Å². The molecular weight excluding hydrogens is 202 g/mol. The van der Waals surface area contributed by atoms with Gasteiger partial charge in [0.05, 0.1) is 13.0 Å². The Bertz CT molecular complexity index is 374. The molecular formula is C13H19NO2. The monoisotopic (exact) mass is 221 g/mol. The Morgan fingerprint density at radius 2 is 2.12 bits per heavy atom. The van der Waals surface area contributed by atoms with Crippen LogP contribution in [0.2, 0.25) is 0 Å². The maximum Gasteiger partial charge on any atom is 0.310 e. The molecule has 1 unspecified atom stereocenters. The van der Waals surface area contributed by atoms with Gasteiger partial charge in [-0.05, 0) is 31.0 Å². The summed E-state index contributed by atoms with van der Waals surface area (Å²) in [5.41, 5.74) is 3.47. The van der Waals surface area contributed by atoms with Gasteiger partial charge in [-0.25, -0.2) is 0 Å². The highest BCUT2D eigenvalue weighted by Gasteiger charge is 2.12. The average Bonchev–Trinajstić information content (AvgIpc) is 2.28. The summed E-state index contributed by atoms with van der Waals surface area (Å²) in [6.07, 6.45) is 0. The lowest BCUT2D eigenvalue weighted by Crippen LogP contribution is -2.21. The van der Waals surface area contributed by atoms with Crippen molar-refractivity contribution in [1.29, 1.82) is 0 Å². The minimum Gasteiger partial charge on any atom is -0.469 e. The van der Waals surface area contributed by atoms with Crippen molar-refractivity contribution in [3.63, 3.8) is 0 Å². The summed E-state index contributed by atoms with van der Waals surface area (Å²) in [6, 6.07) is 6.23. The first-order valence-electron chi connectivity index (χ1n) is 5.43. The Kier molecular flexibility index (Phi) is 4.35. The first-order valence-corrected chi connectivity index (χ1v) is 5.43. The standard InChI is InChI=1S/C13H19NO2/c1-9-5-6-10(2)12(7-9)14-8-11(3)13(15)16-4/h5-7,11,14H,8H2,1-4H3. The molecule has 0 radical (unpaired) electrons. The minimum atomic E-state index is -0.183. The van der Waals surface area contributed by atoms with Crippen molar-refractivity contribution >= 4 is 11.7 Å². The molecule has 1 atom stereocenters. The lowest BCUT2D eigenvalue weighted by Gasteiger charge is -2.13. The number of benzene rings is 1. The summed E-state index contributed by atoms with van der Waals surface area (Å²) in [7, 11) is 1.41. The molecule has 1 rings (SSSR count). The van der Waals surface area contributed by atoms with Crippen LogP contribution in [0, 0.1) is 19.8 Å². The molecule has 1 aromatic rings. The highest BCUT2D eigenvalue weighted by Crippen LogP contribution is 2.16. The topological polar surface area (TPSA) is 38.3 Å². The molecule has 0 fully saturated rings. The van der Waals surface area contributed by atoms with Gasteiger partial charge in [-0.3, -0.25) is 4.79 Å². The molecule has 0 aliphatic heterocycles. The fourth-order valence-electron chi connectivity index (χ4n) is 1.47. The maximum atomic E-state index is 11.2. The van der Waals surface area contributed by atoms with Crippen molar-refractivity contribution < 1.29 is 9.53 Å². The van der Waals surface area contributed by atoms with Crippen LogP contribution in [0.3, 0.4) is 0 Å². The predicted octanol–water partition coefficient (Wildman–Crippen LogP) is 2.52. The molecule has 0 aliphatic rings. The molecule has 0 saturated carbocycles. The predicted molar refractivity (Wildman–Crippen MR) is 65.6 cm³/mol. The zero-order chi connectivity index (χ0) is 12.1. The van der Waals surface area contributed by atoms with E-state index in [0.29, 0.717) is 6.54 Å². The summed E-state index contributed by atoms with van der Waals surface area (Å²) in [5.74, 6) is -0.317. The van der Waals surface area contributed by atoms with Crippen LogP contribution in [-0.2, 0) is 9.53 Å². The molecule has 16 heavy (non-hydrogen) atoms. The lowest BCUT2D eigenvalue weighted by molar-refractivity contribution is -0.144. The second kappa shape index (κ2) is 5.54. The lowest BCUT2D eigenvalue weighted by atomic mass is 10.1. The Morgan fingerprint density at radius 1 is 1.44 bits per heavy atom. The van der Waals surface area contributed by atoms with E-state index in [9.17, 15) is 4.79 Å². The zero-order valence-electron chi connectivity index (χ0n) is 10.3. The van der Waals surface area contributed by atoms with Gasteiger partial charge in [-0.2, -0.15) is 0 Å². The molecule has 0 aromatic heterocycles. The fraction of sp³-hybridized carbons (Fsp3) is 0.462. The summed E-state index contributed by atoms with van der Waals surface area (Å²) in [6.45, 7) is 6.54. The van der Waals surface area contributed by atoms with Crippen molar-refractivity contribution in [2.45, 2.75) is 20.8 Å². The molecule has 1 N–H and O–H groups in total. The van der Waals surface area contributed by atoms with Crippen molar-refractivity contribution in [3.05, 3.63) is 29.3 Å². The second-order valence-corrected chi connectivity index (χ2v) is 4.12. The highest BCUT2D eigenvalue weighted by molar-refractivity contribution is 5.72. The number of carbonyl (C=O) groups excluding carboxylic acids is 1. The fourth-order valence-corrected chi connectivity index (χ4v) is 1.47. The van der Waals surface area contributed by atoms with E-state index >= 15 is 0 Å². The molecule has 3 heteroatoms. The normalized spacial score (nSPS) is 12.0. The number of hydrogen-bond donors (Lipinski definition) is 1. The molecule has 0 aliphatic carbocycles. The smallest absolute Gasteiger partial charge is 0.310 e. The summed E-state index contributed by atoms with van der Waals surface area (Å²) in [4.78, 5) is 11.2. The number of carbonyl (C=O) groups is 1. The first-order chi connectivity index (χ1) is 7.54. The molecule has 1 aromatic carbocycles. The zero-order valence-corrected chi connectivity index (χ0v) is 10.3. The molecule has 0 heterocycles.